The van der Waals surface area contributed by atoms with Crippen molar-refractivity contribution in [3.63, 3.8) is 0 Å². The third-order valence-corrected chi connectivity index (χ3v) is 9.55. The van der Waals surface area contributed by atoms with E-state index in [-0.39, 0.29) is 5.91 Å². The average Bonchev–Trinajstić information content (AvgIpc) is 3.60. The number of nitrogens with one attached hydrogen (secondary N) is 1. The van der Waals surface area contributed by atoms with E-state index in [4.69, 9.17) is 4.98 Å². The van der Waals surface area contributed by atoms with E-state index in [2.05, 4.69) is 86.7 Å². The monoisotopic (exact) mass is 617 g/mol. The molecule has 1 amide bonds. The summed E-state index contributed by atoms with van der Waals surface area (Å²) in [6.45, 7) is 20.4. The predicted molar refractivity (Wildman–Crippen MR) is 190 cm³/mol. The number of aryl methyl sites for hydroxylation is 1. The topological polar surface area (TPSA) is 53.4 Å². The van der Waals surface area contributed by atoms with Gasteiger partial charge in [0.15, 0.2) is 0 Å². The highest BCUT2D eigenvalue weighted by Gasteiger charge is 2.19. The summed E-state index contributed by atoms with van der Waals surface area (Å²) in [5.74, 6) is 2.11. The van der Waals surface area contributed by atoms with E-state index in [1.54, 1.807) is 0 Å². The van der Waals surface area contributed by atoms with Crippen LogP contribution in [0.25, 0.3) is 21.1 Å². The summed E-state index contributed by atoms with van der Waals surface area (Å²) in [7, 11) is 0. The van der Waals surface area contributed by atoms with E-state index < -0.39 is 0 Å². The number of piperidine rings is 1. The van der Waals surface area contributed by atoms with Gasteiger partial charge in [-0.05, 0) is 106 Å². The van der Waals surface area contributed by atoms with Crippen LogP contribution in [-0.2, 0) is 13.1 Å². The number of hydrogen-bond acceptors (Lipinski definition) is 5. The highest BCUT2D eigenvalue weighted by molar-refractivity contribution is 7.19. The van der Waals surface area contributed by atoms with Gasteiger partial charge in [-0.25, -0.2) is 4.98 Å². The minimum Gasteiger partial charge on any atom is -0.351 e. The van der Waals surface area contributed by atoms with Crippen molar-refractivity contribution < 1.29 is 4.79 Å². The molecular weight excluding hydrogens is 563 g/mol. The first-order chi connectivity index (χ1) is 21.3. The van der Waals surface area contributed by atoms with Crippen LogP contribution in [0.15, 0.2) is 48.5 Å². The number of hydrogen-bond donors (Lipinski definition) is 1. The highest BCUT2D eigenvalue weighted by Crippen LogP contribution is 2.27. The lowest BCUT2D eigenvalue weighted by molar-refractivity contribution is 0.0741. The van der Waals surface area contributed by atoms with E-state index in [1.165, 1.54) is 60.3 Å². The maximum atomic E-state index is 13.5. The lowest BCUT2D eigenvalue weighted by Gasteiger charge is -2.25. The molecule has 2 aromatic carbocycles. The van der Waals surface area contributed by atoms with Gasteiger partial charge in [0.2, 0.25) is 5.95 Å². The minimum atomic E-state index is 0.122. The molecule has 2 aromatic heterocycles. The first-order valence-corrected chi connectivity index (χ1v) is 17.8. The molecule has 6 nitrogen and oxygen atoms in total. The lowest BCUT2D eigenvalue weighted by atomic mass is 10.1. The number of amides is 1. The molecule has 4 aromatic rings. The number of carbonyl (C=O) groups is 1. The van der Waals surface area contributed by atoms with Gasteiger partial charge in [0, 0.05) is 34.8 Å². The van der Waals surface area contributed by atoms with Crippen molar-refractivity contribution >= 4 is 44.3 Å². The Balaban J connectivity index is 0.000000421. The summed E-state index contributed by atoms with van der Waals surface area (Å²) in [5, 5.41) is 4.81. The van der Waals surface area contributed by atoms with Crippen molar-refractivity contribution in [2.24, 2.45) is 11.8 Å². The Morgan fingerprint density at radius 2 is 1.66 bits per heavy atom. The molecule has 0 saturated carbocycles. The third-order valence-electron chi connectivity index (χ3n) is 8.44. The number of likely N-dealkylation sites (tertiary alicyclic amines) is 1. The molecule has 7 heteroatoms. The van der Waals surface area contributed by atoms with E-state index in [0.717, 1.165) is 61.6 Å². The second-order valence-electron chi connectivity index (χ2n) is 13.0. The summed E-state index contributed by atoms with van der Waals surface area (Å²) in [4.78, 5) is 24.2. The Morgan fingerprint density at radius 1 is 0.955 bits per heavy atom. The smallest absolute Gasteiger partial charge is 0.253 e. The number of thiophene rings is 1. The van der Waals surface area contributed by atoms with E-state index in [1.807, 2.05) is 34.4 Å². The Hall–Kier alpha value is -2.90. The lowest BCUT2D eigenvalue weighted by Crippen LogP contribution is -2.34. The Morgan fingerprint density at radius 3 is 2.30 bits per heavy atom. The maximum absolute atomic E-state index is 13.5. The molecule has 1 N–H and O–H groups in total. The van der Waals surface area contributed by atoms with Gasteiger partial charge in [-0.15, -0.1) is 11.3 Å². The quantitative estimate of drug-likeness (QED) is 0.162. The van der Waals surface area contributed by atoms with Crippen molar-refractivity contribution in [1.82, 2.24) is 19.4 Å². The first-order valence-electron chi connectivity index (χ1n) is 17.0. The van der Waals surface area contributed by atoms with E-state index >= 15 is 0 Å². The van der Waals surface area contributed by atoms with Crippen LogP contribution < -0.4 is 5.32 Å². The van der Waals surface area contributed by atoms with Crippen molar-refractivity contribution in [2.45, 2.75) is 93.2 Å². The number of aromatic nitrogens is 2. The molecule has 3 heterocycles. The minimum absolute atomic E-state index is 0.122. The van der Waals surface area contributed by atoms with Crippen LogP contribution in [-0.4, -0.2) is 58.0 Å². The fourth-order valence-electron chi connectivity index (χ4n) is 5.83. The van der Waals surface area contributed by atoms with Crippen LogP contribution >= 0.6 is 11.3 Å². The van der Waals surface area contributed by atoms with Gasteiger partial charge in [0.25, 0.3) is 5.91 Å². The van der Waals surface area contributed by atoms with Crippen LogP contribution in [0.4, 0.5) is 5.95 Å². The molecular formula is C37H55N5OS. The molecule has 44 heavy (non-hydrogen) atoms. The molecule has 0 radical (unpaired) electrons. The number of nitrogens with zero attached hydrogens (tertiary/aromatic N) is 4. The number of imidazole rings is 1. The van der Waals surface area contributed by atoms with Gasteiger partial charge >= 0.3 is 0 Å². The number of rotatable bonds is 13. The van der Waals surface area contributed by atoms with Gasteiger partial charge in [0.05, 0.1) is 17.6 Å². The number of benzene rings is 2. The largest absolute Gasteiger partial charge is 0.351 e. The number of fused-ring (bicyclic) bond motifs is 2. The van der Waals surface area contributed by atoms with Gasteiger partial charge in [0.1, 0.15) is 0 Å². The Labute approximate surface area is 269 Å². The summed E-state index contributed by atoms with van der Waals surface area (Å²) < 4.78 is 3.47. The van der Waals surface area contributed by atoms with Crippen molar-refractivity contribution in [3.05, 3.63) is 59.0 Å². The summed E-state index contributed by atoms with van der Waals surface area (Å²) in [6.07, 6.45) is 7.68. The van der Waals surface area contributed by atoms with Gasteiger partial charge in [-0.2, -0.15) is 0 Å². The molecule has 5 rings (SSSR count). The molecule has 1 fully saturated rings. The fraction of sp³-hybridized carbons (Fsp3) is 0.568. The zero-order chi connectivity index (χ0) is 31.5. The van der Waals surface area contributed by atoms with Crippen molar-refractivity contribution in [3.8, 4) is 0 Å². The Bertz CT molecular complexity index is 1400. The maximum Gasteiger partial charge on any atom is 0.253 e. The molecule has 1 aliphatic heterocycles. The van der Waals surface area contributed by atoms with Gasteiger partial charge < -0.3 is 19.7 Å². The van der Waals surface area contributed by atoms with Crippen LogP contribution in [0, 0.1) is 11.8 Å². The molecule has 1 saturated heterocycles. The summed E-state index contributed by atoms with van der Waals surface area (Å²) in [6, 6.07) is 16.7. The molecule has 0 spiro atoms. The number of carbonyl (C=O) groups excluding carboxylic acids is 1. The molecule has 0 atom stereocenters. The molecule has 0 bridgehead atoms. The van der Waals surface area contributed by atoms with Crippen LogP contribution in [0.1, 0.15) is 95.3 Å². The SMILES string of the molecule is CCCN1CCCCC1.CCn1c(NCc2cc3ccccc3s2)nc2ccc(C(=O)N(CCC(C)C)CCC(C)C)cc21. The highest BCUT2D eigenvalue weighted by atomic mass is 32.1. The van der Waals surface area contributed by atoms with Gasteiger partial charge in [-0.3, -0.25) is 4.79 Å². The number of anilines is 1. The normalized spacial score (nSPS) is 13.9. The zero-order valence-electron chi connectivity index (χ0n) is 28.1. The van der Waals surface area contributed by atoms with Crippen molar-refractivity contribution in [2.75, 3.05) is 38.0 Å². The third kappa shape index (κ3) is 9.55. The summed E-state index contributed by atoms with van der Waals surface area (Å²) >= 11 is 1.81. The first kappa shape index (κ1) is 34.0. The molecule has 0 aliphatic carbocycles. The standard InChI is InChI=1S/C29H38N4OS.C8H17N/c1-6-33-26-18-23(28(34)32(15-13-20(2)3)16-14-21(4)5)11-12-25(26)31-29(33)30-19-24-17-22-9-7-8-10-27(22)35-24;1-2-6-9-7-4-3-5-8-9/h7-12,17-18,20-21H,6,13-16,19H2,1-5H3,(H,30,31);2-8H2,1H3. The average molecular weight is 618 g/mol. The van der Waals surface area contributed by atoms with E-state index in [9.17, 15) is 4.79 Å². The molecule has 240 valence electrons. The van der Waals surface area contributed by atoms with Gasteiger partial charge in [-0.1, -0.05) is 59.2 Å². The Kier molecular flexibility index (Phi) is 13.1. The van der Waals surface area contributed by atoms with E-state index in [0.29, 0.717) is 11.8 Å². The van der Waals surface area contributed by atoms with Crippen LogP contribution in [0.3, 0.4) is 0 Å². The van der Waals surface area contributed by atoms with Crippen LogP contribution in [0.5, 0.6) is 0 Å². The van der Waals surface area contributed by atoms with Crippen LogP contribution in [0.2, 0.25) is 0 Å². The fourth-order valence-corrected chi connectivity index (χ4v) is 6.83. The second-order valence-corrected chi connectivity index (χ2v) is 14.2. The predicted octanol–water partition coefficient (Wildman–Crippen LogP) is 9.30. The van der Waals surface area contributed by atoms with Crippen molar-refractivity contribution in [1.29, 1.82) is 0 Å². The summed E-state index contributed by atoms with van der Waals surface area (Å²) in [5.41, 5.74) is 2.67. The molecule has 0 unspecified atom stereocenters. The zero-order valence-corrected chi connectivity index (χ0v) is 28.9. The molecule has 1 aliphatic rings. The second kappa shape index (κ2) is 17.0.